The van der Waals surface area contributed by atoms with Crippen molar-refractivity contribution in [3.05, 3.63) is 46.1 Å². The van der Waals surface area contributed by atoms with Gasteiger partial charge in [0.1, 0.15) is 16.8 Å². The minimum atomic E-state index is -3.92. The molecule has 0 saturated heterocycles. The number of hydrogen-bond donors (Lipinski definition) is 1. The molecular weight excluding hydrogens is 328 g/mol. The zero-order chi connectivity index (χ0) is 14.9. The predicted octanol–water partition coefficient (Wildman–Crippen LogP) is 3.03. The summed E-state index contributed by atoms with van der Waals surface area (Å²) in [5, 5.41) is -0.190. The Labute approximate surface area is 124 Å². The number of aryl methyl sites for hydroxylation is 1. The molecule has 0 bridgehead atoms. The Kier molecular flexibility index (Phi) is 4.12. The minimum Gasteiger partial charge on any atom is -0.263 e. The Morgan fingerprint density at radius 1 is 1.20 bits per heavy atom. The van der Waals surface area contributed by atoms with E-state index in [1.807, 2.05) is 0 Å². The van der Waals surface area contributed by atoms with E-state index in [4.69, 9.17) is 23.2 Å². The second-order valence-electron chi connectivity index (χ2n) is 3.86. The van der Waals surface area contributed by atoms with Gasteiger partial charge in [0, 0.05) is 6.07 Å². The van der Waals surface area contributed by atoms with Crippen LogP contribution in [0.5, 0.6) is 0 Å². The molecule has 0 atom stereocenters. The van der Waals surface area contributed by atoms with Crippen LogP contribution in [0.1, 0.15) is 5.56 Å². The molecule has 0 amide bonds. The largest absolute Gasteiger partial charge is 0.263 e. The first-order valence-electron chi connectivity index (χ1n) is 5.27. The zero-order valence-electron chi connectivity index (χ0n) is 10.1. The summed E-state index contributed by atoms with van der Waals surface area (Å²) >= 11 is 11.2. The van der Waals surface area contributed by atoms with Crippen LogP contribution in [0.2, 0.25) is 10.4 Å². The molecule has 106 valence electrons. The van der Waals surface area contributed by atoms with Crippen molar-refractivity contribution in [2.45, 2.75) is 11.8 Å². The number of rotatable bonds is 3. The highest BCUT2D eigenvalue weighted by atomic mass is 35.5. The molecule has 1 aromatic heterocycles. The number of hydrogen-bond acceptors (Lipinski definition) is 4. The van der Waals surface area contributed by atoms with E-state index in [1.165, 1.54) is 13.0 Å². The number of aromatic nitrogens is 2. The number of benzene rings is 1. The fraction of sp³-hybridized carbons (Fsp3) is 0.0909. The fourth-order valence-corrected chi connectivity index (χ4v) is 3.18. The summed E-state index contributed by atoms with van der Waals surface area (Å²) in [4.78, 5) is 7.23. The van der Waals surface area contributed by atoms with E-state index in [1.54, 1.807) is 0 Å². The number of anilines is 1. The number of halogens is 3. The second-order valence-corrected chi connectivity index (χ2v) is 6.24. The molecule has 5 nitrogen and oxygen atoms in total. The van der Waals surface area contributed by atoms with Gasteiger partial charge in [0.25, 0.3) is 10.0 Å². The van der Waals surface area contributed by atoms with Gasteiger partial charge in [0.05, 0.1) is 4.90 Å². The molecule has 0 unspecified atom stereocenters. The van der Waals surface area contributed by atoms with Crippen molar-refractivity contribution >= 4 is 39.0 Å². The van der Waals surface area contributed by atoms with Gasteiger partial charge < -0.3 is 0 Å². The molecule has 1 N–H and O–H groups in total. The minimum absolute atomic E-state index is 0.00136. The Morgan fingerprint density at radius 3 is 2.50 bits per heavy atom. The average Bonchev–Trinajstić information content (AvgIpc) is 2.25. The fourth-order valence-electron chi connectivity index (χ4n) is 1.55. The van der Waals surface area contributed by atoms with Gasteiger partial charge in [-0.2, -0.15) is 4.98 Å². The lowest BCUT2D eigenvalue weighted by Gasteiger charge is -2.10. The van der Waals surface area contributed by atoms with E-state index < -0.39 is 15.8 Å². The normalized spacial score (nSPS) is 11.4. The summed E-state index contributed by atoms with van der Waals surface area (Å²) in [5.74, 6) is -0.590. The van der Waals surface area contributed by atoms with Gasteiger partial charge in [0.15, 0.2) is 0 Å². The van der Waals surface area contributed by atoms with Gasteiger partial charge in [-0.05, 0) is 42.3 Å². The molecule has 1 aromatic carbocycles. The Morgan fingerprint density at radius 2 is 1.90 bits per heavy atom. The average molecular weight is 336 g/mol. The predicted molar refractivity (Wildman–Crippen MR) is 74.0 cm³/mol. The SMILES string of the molecule is Cc1cc(F)ccc1S(=O)(=O)Nc1cc(Cl)nc(Cl)n1. The summed E-state index contributed by atoms with van der Waals surface area (Å²) in [6.45, 7) is 1.48. The molecule has 0 aliphatic heterocycles. The van der Waals surface area contributed by atoms with Crippen molar-refractivity contribution in [1.29, 1.82) is 0 Å². The third-order valence-electron chi connectivity index (χ3n) is 2.33. The summed E-state index contributed by atoms with van der Waals surface area (Å²) < 4.78 is 39.6. The van der Waals surface area contributed by atoms with E-state index in [0.717, 1.165) is 18.2 Å². The van der Waals surface area contributed by atoms with Gasteiger partial charge in [0.2, 0.25) is 5.28 Å². The molecular formula is C11H8Cl2FN3O2S. The number of sulfonamides is 1. The number of nitrogens with one attached hydrogen (secondary N) is 1. The molecule has 0 spiro atoms. The van der Waals surface area contributed by atoms with E-state index in [9.17, 15) is 12.8 Å². The maximum atomic E-state index is 13.0. The molecule has 20 heavy (non-hydrogen) atoms. The van der Waals surface area contributed by atoms with Crippen LogP contribution in [0, 0.1) is 12.7 Å². The molecule has 1 heterocycles. The first kappa shape index (κ1) is 15.0. The molecule has 0 radical (unpaired) electrons. The standard InChI is InChI=1S/C11H8Cl2FN3O2S/c1-6-4-7(14)2-3-8(6)20(18,19)17-10-5-9(12)15-11(13)16-10/h2-5H,1H3,(H,15,16,17). The van der Waals surface area contributed by atoms with Crippen LogP contribution in [-0.4, -0.2) is 18.4 Å². The lowest BCUT2D eigenvalue weighted by Crippen LogP contribution is -2.15. The van der Waals surface area contributed by atoms with Crippen molar-refractivity contribution in [1.82, 2.24) is 9.97 Å². The van der Waals surface area contributed by atoms with Crippen LogP contribution in [0.15, 0.2) is 29.2 Å². The van der Waals surface area contributed by atoms with Gasteiger partial charge in [-0.25, -0.2) is 17.8 Å². The Balaban J connectivity index is 2.40. The van der Waals surface area contributed by atoms with E-state index >= 15 is 0 Å². The maximum Gasteiger partial charge on any atom is 0.263 e. The monoisotopic (exact) mass is 335 g/mol. The van der Waals surface area contributed by atoms with Crippen molar-refractivity contribution in [3.8, 4) is 0 Å². The molecule has 0 saturated carbocycles. The molecule has 0 fully saturated rings. The lowest BCUT2D eigenvalue weighted by molar-refractivity contribution is 0.598. The van der Waals surface area contributed by atoms with Crippen LogP contribution < -0.4 is 4.72 Å². The highest BCUT2D eigenvalue weighted by Gasteiger charge is 2.18. The van der Waals surface area contributed by atoms with Crippen molar-refractivity contribution < 1.29 is 12.8 Å². The third-order valence-corrected chi connectivity index (χ3v) is 4.21. The summed E-state index contributed by atoms with van der Waals surface area (Å²) in [6.07, 6.45) is 0. The summed E-state index contributed by atoms with van der Waals surface area (Å²) in [7, 11) is -3.92. The van der Waals surface area contributed by atoms with Crippen LogP contribution >= 0.6 is 23.2 Å². The maximum absolute atomic E-state index is 13.0. The molecule has 0 aliphatic rings. The first-order valence-corrected chi connectivity index (χ1v) is 7.51. The number of nitrogens with zero attached hydrogens (tertiary/aromatic N) is 2. The van der Waals surface area contributed by atoms with Gasteiger partial charge >= 0.3 is 0 Å². The smallest absolute Gasteiger partial charge is 0.263 e. The van der Waals surface area contributed by atoms with Crippen molar-refractivity contribution in [2.75, 3.05) is 4.72 Å². The Hall–Kier alpha value is -1.44. The van der Waals surface area contributed by atoms with Gasteiger partial charge in [-0.3, -0.25) is 4.72 Å². The molecule has 9 heteroatoms. The highest BCUT2D eigenvalue weighted by Crippen LogP contribution is 2.21. The second kappa shape index (κ2) is 5.51. The quantitative estimate of drug-likeness (QED) is 0.691. The van der Waals surface area contributed by atoms with Crippen LogP contribution in [0.4, 0.5) is 10.2 Å². The molecule has 0 aliphatic carbocycles. The first-order chi connectivity index (χ1) is 9.28. The topological polar surface area (TPSA) is 72.0 Å². The zero-order valence-corrected chi connectivity index (χ0v) is 12.4. The third kappa shape index (κ3) is 3.36. The Bertz CT molecular complexity index is 748. The molecule has 2 aromatic rings. The van der Waals surface area contributed by atoms with E-state index in [2.05, 4.69) is 14.7 Å². The summed E-state index contributed by atoms with van der Waals surface area (Å²) in [5.41, 5.74) is 0.267. The lowest BCUT2D eigenvalue weighted by atomic mass is 10.2. The van der Waals surface area contributed by atoms with Crippen molar-refractivity contribution in [3.63, 3.8) is 0 Å². The van der Waals surface area contributed by atoms with Crippen LogP contribution in [0.3, 0.4) is 0 Å². The molecule has 2 rings (SSSR count). The van der Waals surface area contributed by atoms with Crippen molar-refractivity contribution in [2.24, 2.45) is 0 Å². The van der Waals surface area contributed by atoms with Crippen LogP contribution in [0.25, 0.3) is 0 Å². The van der Waals surface area contributed by atoms with Gasteiger partial charge in [-0.15, -0.1) is 0 Å². The van der Waals surface area contributed by atoms with E-state index in [-0.39, 0.29) is 26.7 Å². The van der Waals surface area contributed by atoms with Gasteiger partial charge in [-0.1, -0.05) is 11.6 Å². The highest BCUT2D eigenvalue weighted by molar-refractivity contribution is 7.92. The van der Waals surface area contributed by atoms with Crippen LogP contribution in [-0.2, 0) is 10.0 Å². The van der Waals surface area contributed by atoms with E-state index in [0.29, 0.717) is 0 Å². The summed E-state index contributed by atoms with van der Waals surface area (Å²) in [6, 6.07) is 4.55.